The first-order chi connectivity index (χ1) is 17.9. The Kier molecular flexibility index (Phi) is 6.77. The lowest BCUT2D eigenvalue weighted by molar-refractivity contribution is -0.112. The molecule has 1 amide bonds. The predicted octanol–water partition coefficient (Wildman–Crippen LogP) is 4.85. The van der Waals surface area contributed by atoms with Crippen LogP contribution in [0.5, 0.6) is 0 Å². The van der Waals surface area contributed by atoms with Gasteiger partial charge in [0.05, 0.1) is 0 Å². The zero-order chi connectivity index (χ0) is 25.9. The van der Waals surface area contributed by atoms with E-state index in [1.54, 1.807) is 4.57 Å². The SMILES string of the molecule is Cc1ccnc(N2CCN(c3ccc(NC(=O)C(=O)c4c(-c5ccccc5)cc(C)n4C)cc3)CC2)c1. The summed E-state index contributed by atoms with van der Waals surface area (Å²) in [7, 11) is 1.81. The maximum absolute atomic E-state index is 13.2. The predicted molar refractivity (Wildman–Crippen MR) is 148 cm³/mol. The molecule has 3 heterocycles. The summed E-state index contributed by atoms with van der Waals surface area (Å²) in [6.07, 6.45) is 1.86. The van der Waals surface area contributed by atoms with Crippen molar-refractivity contribution in [3.63, 3.8) is 0 Å². The summed E-state index contributed by atoms with van der Waals surface area (Å²) >= 11 is 0. The summed E-state index contributed by atoms with van der Waals surface area (Å²) in [6, 6.07) is 23.4. The second-order valence-electron chi connectivity index (χ2n) is 9.47. The monoisotopic (exact) mass is 493 g/mol. The van der Waals surface area contributed by atoms with Crippen LogP contribution in [0.1, 0.15) is 21.7 Å². The van der Waals surface area contributed by atoms with E-state index in [1.165, 1.54) is 5.56 Å². The Morgan fingerprint density at radius 3 is 2.19 bits per heavy atom. The number of amides is 1. The number of ketones is 1. The van der Waals surface area contributed by atoms with Crippen LogP contribution in [0.3, 0.4) is 0 Å². The Balaban J connectivity index is 1.24. The molecule has 37 heavy (non-hydrogen) atoms. The van der Waals surface area contributed by atoms with E-state index in [0.717, 1.165) is 54.5 Å². The Morgan fingerprint density at radius 2 is 1.51 bits per heavy atom. The number of carbonyl (C=O) groups is 2. The van der Waals surface area contributed by atoms with E-state index in [-0.39, 0.29) is 0 Å². The first-order valence-electron chi connectivity index (χ1n) is 12.5. The third kappa shape index (κ3) is 5.11. The summed E-state index contributed by atoms with van der Waals surface area (Å²) in [5.41, 5.74) is 5.86. The molecule has 2 aromatic carbocycles. The van der Waals surface area contributed by atoms with Crippen molar-refractivity contribution in [3.8, 4) is 11.1 Å². The highest BCUT2D eigenvalue weighted by Crippen LogP contribution is 2.28. The lowest BCUT2D eigenvalue weighted by Gasteiger charge is -2.36. The molecule has 5 rings (SSSR count). The number of anilines is 3. The highest BCUT2D eigenvalue weighted by Gasteiger charge is 2.25. The van der Waals surface area contributed by atoms with Gasteiger partial charge in [0.1, 0.15) is 11.5 Å². The van der Waals surface area contributed by atoms with E-state index in [2.05, 4.69) is 33.1 Å². The van der Waals surface area contributed by atoms with E-state index in [4.69, 9.17) is 0 Å². The van der Waals surface area contributed by atoms with Crippen LogP contribution in [-0.4, -0.2) is 47.4 Å². The Labute approximate surface area is 217 Å². The molecule has 0 aliphatic carbocycles. The molecule has 0 spiro atoms. The fourth-order valence-electron chi connectivity index (χ4n) is 4.78. The number of piperazine rings is 1. The number of carbonyl (C=O) groups excluding carboxylic acids is 2. The quantitative estimate of drug-likeness (QED) is 0.307. The van der Waals surface area contributed by atoms with Crippen LogP contribution in [0, 0.1) is 13.8 Å². The van der Waals surface area contributed by atoms with Crippen LogP contribution in [0.4, 0.5) is 17.2 Å². The standard InChI is InChI=1S/C30H31N5O2/c1-21-13-14-31-27(19-21)35-17-15-34(16-18-35)25-11-9-24(10-12-25)32-30(37)29(36)28-26(20-22(2)33(28)3)23-7-5-4-6-8-23/h4-14,19-20H,15-18H2,1-3H3,(H,32,37). The van der Waals surface area contributed by atoms with Gasteiger partial charge in [-0.05, 0) is 67.4 Å². The largest absolute Gasteiger partial charge is 0.368 e. The van der Waals surface area contributed by atoms with Crippen LogP contribution in [0.25, 0.3) is 11.1 Å². The Bertz CT molecular complexity index is 1420. The van der Waals surface area contributed by atoms with Crippen molar-refractivity contribution in [1.82, 2.24) is 9.55 Å². The molecule has 188 valence electrons. The van der Waals surface area contributed by atoms with E-state index in [9.17, 15) is 9.59 Å². The molecular weight excluding hydrogens is 462 g/mol. The summed E-state index contributed by atoms with van der Waals surface area (Å²) in [5, 5.41) is 2.78. The molecule has 1 aliphatic rings. The molecule has 2 aromatic heterocycles. The van der Waals surface area contributed by atoms with Crippen LogP contribution >= 0.6 is 0 Å². The highest BCUT2D eigenvalue weighted by molar-refractivity contribution is 6.47. The van der Waals surface area contributed by atoms with Gasteiger partial charge in [-0.1, -0.05) is 30.3 Å². The minimum absolute atomic E-state index is 0.388. The average Bonchev–Trinajstić information content (AvgIpc) is 3.23. The van der Waals surface area contributed by atoms with E-state index < -0.39 is 11.7 Å². The fourth-order valence-corrected chi connectivity index (χ4v) is 4.78. The van der Waals surface area contributed by atoms with Gasteiger partial charge in [0.15, 0.2) is 0 Å². The van der Waals surface area contributed by atoms with Crippen molar-refractivity contribution in [2.24, 2.45) is 7.05 Å². The molecule has 4 aromatic rings. The molecule has 0 unspecified atom stereocenters. The zero-order valence-electron chi connectivity index (χ0n) is 21.4. The van der Waals surface area contributed by atoms with E-state index in [1.807, 2.05) is 86.9 Å². The van der Waals surface area contributed by atoms with Crippen LogP contribution in [-0.2, 0) is 11.8 Å². The molecule has 0 radical (unpaired) electrons. The van der Waals surface area contributed by atoms with Crippen LogP contribution < -0.4 is 15.1 Å². The smallest absolute Gasteiger partial charge is 0.298 e. The molecule has 0 bridgehead atoms. The molecule has 1 aliphatic heterocycles. The fraction of sp³-hybridized carbons (Fsp3) is 0.233. The van der Waals surface area contributed by atoms with Gasteiger partial charge in [0, 0.05) is 62.1 Å². The summed E-state index contributed by atoms with van der Waals surface area (Å²) in [6.45, 7) is 7.56. The van der Waals surface area contributed by atoms with Gasteiger partial charge in [-0.2, -0.15) is 0 Å². The lowest BCUT2D eigenvalue weighted by atomic mass is 10.0. The number of hydrogen-bond acceptors (Lipinski definition) is 5. The molecule has 1 fully saturated rings. The second kappa shape index (κ2) is 10.3. The van der Waals surface area contributed by atoms with Crippen molar-refractivity contribution in [2.75, 3.05) is 41.3 Å². The Morgan fingerprint density at radius 1 is 0.838 bits per heavy atom. The van der Waals surface area contributed by atoms with Gasteiger partial charge in [-0.3, -0.25) is 9.59 Å². The summed E-state index contributed by atoms with van der Waals surface area (Å²) < 4.78 is 1.78. The average molecular weight is 494 g/mol. The van der Waals surface area contributed by atoms with Gasteiger partial charge in [0.25, 0.3) is 11.7 Å². The van der Waals surface area contributed by atoms with Crippen LogP contribution in [0.15, 0.2) is 79.0 Å². The third-order valence-electron chi connectivity index (χ3n) is 6.97. The lowest BCUT2D eigenvalue weighted by Crippen LogP contribution is -2.46. The number of hydrogen-bond donors (Lipinski definition) is 1. The number of pyridine rings is 1. The van der Waals surface area contributed by atoms with Gasteiger partial charge in [0.2, 0.25) is 0 Å². The van der Waals surface area contributed by atoms with Crippen molar-refractivity contribution in [3.05, 3.63) is 95.9 Å². The summed E-state index contributed by atoms with van der Waals surface area (Å²) in [5.74, 6) is -0.184. The molecule has 0 atom stereocenters. The zero-order valence-corrected chi connectivity index (χ0v) is 21.4. The normalized spacial score (nSPS) is 13.5. The third-order valence-corrected chi connectivity index (χ3v) is 6.97. The van der Waals surface area contributed by atoms with E-state index in [0.29, 0.717) is 11.4 Å². The van der Waals surface area contributed by atoms with Gasteiger partial charge in [-0.15, -0.1) is 0 Å². The minimum atomic E-state index is -0.648. The Hall–Kier alpha value is -4.39. The second-order valence-corrected chi connectivity index (χ2v) is 9.47. The maximum atomic E-state index is 13.2. The van der Waals surface area contributed by atoms with Crippen molar-refractivity contribution < 1.29 is 9.59 Å². The topological polar surface area (TPSA) is 70.5 Å². The molecule has 7 heteroatoms. The van der Waals surface area contributed by atoms with Gasteiger partial charge in [-0.25, -0.2) is 4.98 Å². The number of aryl methyl sites for hydroxylation is 2. The molecule has 7 nitrogen and oxygen atoms in total. The van der Waals surface area contributed by atoms with Crippen molar-refractivity contribution in [1.29, 1.82) is 0 Å². The van der Waals surface area contributed by atoms with E-state index >= 15 is 0 Å². The number of aromatic nitrogens is 2. The summed E-state index contributed by atoms with van der Waals surface area (Å²) in [4.78, 5) is 35.3. The number of nitrogens with one attached hydrogen (secondary N) is 1. The molecule has 0 saturated carbocycles. The van der Waals surface area contributed by atoms with Gasteiger partial charge < -0.3 is 19.7 Å². The minimum Gasteiger partial charge on any atom is -0.368 e. The van der Waals surface area contributed by atoms with Crippen molar-refractivity contribution >= 4 is 28.9 Å². The maximum Gasteiger partial charge on any atom is 0.298 e. The molecule has 1 saturated heterocycles. The highest BCUT2D eigenvalue weighted by atomic mass is 16.2. The first kappa shape index (κ1) is 24.3. The molecular formula is C30H31N5O2. The van der Waals surface area contributed by atoms with Crippen LogP contribution in [0.2, 0.25) is 0 Å². The van der Waals surface area contributed by atoms with Gasteiger partial charge >= 0.3 is 0 Å². The number of rotatable bonds is 6. The number of Topliss-reactive ketones (excluding diaryl/α,β-unsaturated/α-hetero) is 1. The molecule has 1 N–H and O–H groups in total. The first-order valence-corrected chi connectivity index (χ1v) is 12.5. The van der Waals surface area contributed by atoms with Crippen molar-refractivity contribution in [2.45, 2.75) is 13.8 Å². The number of nitrogens with zero attached hydrogens (tertiary/aromatic N) is 4. The number of benzene rings is 2.